The number of carbonyl (C=O) groups excluding carboxylic acids is 1. The Hall–Kier alpha value is -1.41. The normalized spacial score (nSPS) is 16.0. The van der Waals surface area contributed by atoms with Crippen LogP contribution in [0.25, 0.3) is 0 Å². The number of nitrogens with two attached hydrogens (primary N) is 1. The molecule has 0 radical (unpaired) electrons. The van der Waals surface area contributed by atoms with E-state index >= 15 is 0 Å². The Bertz CT molecular complexity index is 653. The molecule has 1 amide bonds. The molecule has 21 heavy (non-hydrogen) atoms. The van der Waals surface area contributed by atoms with Crippen molar-refractivity contribution in [1.82, 2.24) is 15.1 Å². The van der Waals surface area contributed by atoms with E-state index in [1.807, 2.05) is 20.8 Å². The molecule has 0 bridgehead atoms. The van der Waals surface area contributed by atoms with Crippen LogP contribution < -0.4 is 5.14 Å². The van der Waals surface area contributed by atoms with Crippen molar-refractivity contribution < 1.29 is 13.2 Å². The maximum Gasteiger partial charge on any atom is 0.275 e. The van der Waals surface area contributed by atoms with Gasteiger partial charge in [-0.1, -0.05) is 20.8 Å². The van der Waals surface area contributed by atoms with Crippen molar-refractivity contribution in [3.63, 3.8) is 0 Å². The summed E-state index contributed by atoms with van der Waals surface area (Å²) in [5.74, 6) is -0.322. The number of nitrogens with one attached hydrogen (secondary N) is 1. The summed E-state index contributed by atoms with van der Waals surface area (Å²) in [6.07, 6.45) is 1.77. The van der Waals surface area contributed by atoms with Gasteiger partial charge in [-0.3, -0.25) is 9.89 Å². The molecule has 8 heteroatoms. The summed E-state index contributed by atoms with van der Waals surface area (Å²) in [4.78, 5) is 13.8. The second-order valence-electron chi connectivity index (χ2n) is 6.86. The first-order valence-electron chi connectivity index (χ1n) is 6.87. The molecule has 0 unspecified atom stereocenters. The molecule has 3 N–H and O–H groups in total. The van der Waals surface area contributed by atoms with E-state index in [1.165, 1.54) is 4.90 Å². The summed E-state index contributed by atoms with van der Waals surface area (Å²) in [5.41, 5.74) is 0.262. The number of aromatic amines is 1. The zero-order chi connectivity index (χ0) is 16.0. The van der Waals surface area contributed by atoms with Crippen molar-refractivity contribution in [1.29, 1.82) is 0 Å². The molecule has 1 aliphatic carbocycles. The van der Waals surface area contributed by atoms with Gasteiger partial charge >= 0.3 is 0 Å². The van der Waals surface area contributed by atoms with Crippen molar-refractivity contribution in [2.75, 3.05) is 13.6 Å². The molecule has 0 aromatic carbocycles. The molecular weight excluding hydrogens is 292 g/mol. The fraction of sp³-hybridized carbons (Fsp3) is 0.692. The molecule has 1 heterocycles. The number of H-pyrrole nitrogens is 1. The monoisotopic (exact) mass is 314 g/mol. The van der Waals surface area contributed by atoms with Gasteiger partial charge in [-0.15, -0.1) is 0 Å². The van der Waals surface area contributed by atoms with Crippen molar-refractivity contribution in [2.45, 2.75) is 44.4 Å². The summed E-state index contributed by atoms with van der Waals surface area (Å²) in [6, 6.07) is 0. The van der Waals surface area contributed by atoms with Crippen LogP contribution in [-0.4, -0.2) is 43.0 Å². The van der Waals surface area contributed by atoms with Crippen molar-refractivity contribution in [2.24, 2.45) is 10.6 Å². The number of hydrogen-bond acceptors (Lipinski definition) is 4. The number of primary sulfonamides is 1. The van der Waals surface area contributed by atoms with Gasteiger partial charge in [-0.2, -0.15) is 5.10 Å². The van der Waals surface area contributed by atoms with Crippen LogP contribution in [0.5, 0.6) is 0 Å². The Balaban J connectivity index is 2.38. The van der Waals surface area contributed by atoms with Gasteiger partial charge in [0.25, 0.3) is 5.91 Å². The number of sulfonamides is 1. The van der Waals surface area contributed by atoms with Crippen LogP contribution in [0.2, 0.25) is 0 Å². The predicted molar refractivity (Wildman–Crippen MR) is 78.4 cm³/mol. The van der Waals surface area contributed by atoms with E-state index < -0.39 is 15.9 Å². The van der Waals surface area contributed by atoms with Crippen LogP contribution in [0.15, 0.2) is 4.90 Å². The molecular formula is C13H22N4O3S. The Labute approximate surface area is 124 Å². The Morgan fingerprint density at radius 3 is 2.43 bits per heavy atom. The second-order valence-corrected chi connectivity index (χ2v) is 8.35. The van der Waals surface area contributed by atoms with Crippen LogP contribution in [0, 0.1) is 5.41 Å². The highest BCUT2D eigenvalue weighted by atomic mass is 32.2. The Morgan fingerprint density at radius 2 is 2.00 bits per heavy atom. The molecule has 0 saturated heterocycles. The minimum absolute atomic E-state index is 0.0954. The minimum atomic E-state index is -3.99. The lowest BCUT2D eigenvalue weighted by Crippen LogP contribution is -2.35. The van der Waals surface area contributed by atoms with E-state index in [4.69, 9.17) is 5.14 Å². The lowest BCUT2D eigenvalue weighted by atomic mass is 9.96. The molecule has 2 rings (SSSR count). The average Bonchev–Trinajstić information content (AvgIpc) is 3.03. The first-order valence-corrected chi connectivity index (χ1v) is 8.42. The van der Waals surface area contributed by atoms with Gasteiger partial charge in [0.1, 0.15) is 4.90 Å². The van der Waals surface area contributed by atoms with Crippen molar-refractivity contribution in [3.8, 4) is 0 Å². The Morgan fingerprint density at radius 1 is 1.43 bits per heavy atom. The quantitative estimate of drug-likeness (QED) is 0.865. The van der Waals surface area contributed by atoms with Gasteiger partial charge in [0.2, 0.25) is 10.0 Å². The average molecular weight is 314 g/mol. The van der Waals surface area contributed by atoms with Crippen LogP contribution in [-0.2, 0) is 10.0 Å². The van der Waals surface area contributed by atoms with Crippen LogP contribution in [0.1, 0.15) is 55.7 Å². The third kappa shape index (κ3) is 3.62. The summed E-state index contributed by atoms with van der Waals surface area (Å²) >= 11 is 0. The first kappa shape index (κ1) is 16.0. The smallest absolute Gasteiger partial charge is 0.275 e. The summed E-state index contributed by atoms with van der Waals surface area (Å²) in [7, 11) is -2.36. The standard InChI is InChI=1S/C13H22N4O3S/c1-13(2,3)7-17(4)12(18)10-11(21(14,19)20)9(15-16-10)8-5-6-8/h8H,5-7H2,1-4H3,(H,15,16)(H2,14,19,20). The summed E-state index contributed by atoms with van der Waals surface area (Å²) < 4.78 is 23.7. The Kier molecular flexibility index (Phi) is 3.88. The highest BCUT2D eigenvalue weighted by Gasteiger charge is 2.36. The fourth-order valence-corrected chi connectivity index (χ4v) is 3.31. The zero-order valence-electron chi connectivity index (χ0n) is 12.8. The third-order valence-corrected chi connectivity index (χ3v) is 4.26. The fourth-order valence-electron chi connectivity index (χ4n) is 2.39. The topological polar surface area (TPSA) is 109 Å². The van der Waals surface area contributed by atoms with E-state index in [1.54, 1.807) is 7.05 Å². The number of aromatic nitrogens is 2. The number of nitrogens with zero attached hydrogens (tertiary/aromatic N) is 2. The van der Waals surface area contributed by atoms with E-state index in [0.29, 0.717) is 12.2 Å². The maximum atomic E-state index is 12.5. The molecule has 1 aromatic heterocycles. The van der Waals surface area contributed by atoms with Gasteiger partial charge in [-0.05, 0) is 18.3 Å². The maximum absolute atomic E-state index is 12.5. The van der Waals surface area contributed by atoms with Crippen LogP contribution >= 0.6 is 0 Å². The van der Waals surface area contributed by atoms with Gasteiger partial charge in [0, 0.05) is 19.5 Å². The minimum Gasteiger partial charge on any atom is -0.340 e. The zero-order valence-corrected chi connectivity index (χ0v) is 13.6. The van der Waals surface area contributed by atoms with Gasteiger partial charge in [0.05, 0.1) is 5.69 Å². The number of carbonyl (C=O) groups is 1. The number of rotatable bonds is 4. The summed E-state index contributed by atoms with van der Waals surface area (Å²) in [5, 5.41) is 11.9. The van der Waals surface area contributed by atoms with Gasteiger partial charge in [0.15, 0.2) is 5.69 Å². The van der Waals surface area contributed by atoms with E-state index in [9.17, 15) is 13.2 Å². The molecule has 0 atom stereocenters. The third-order valence-electron chi connectivity index (χ3n) is 3.28. The molecule has 0 aliphatic heterocycles. The summed E-state index contributed by atoms with van der Waals surface area (Å²) in [6.45, 7) is 6.48. The number of hydrogen-bond donors (Lipinski definition) is 2. The lowest BCUT2D eigenvalue weighted by molar-refractivity contribution is 0.0736. The van der Waals surface area contributed by atoms with Gasteiger partial charge < -0.3 is 4.90 Å². The SMILES string of the molecule is CN(CC(C)(C)C)C(=O)c1n[nH]c(C2CC2)c1S(N)(=O)=O. The molecule has 1 saturated carbocycles. The molecule has 1 fully saturated rings. The van der Waals surface area contributed by atoms with E-state index in [2.05, 4.69) is 10.2 Å². The molecule has 7 nitrogen and oxygen atoms in total. The predicted octanol–water partition coefficient (Wildman–Crippen LogP) is 1.05. The largest absolute Gasteiger partial charge is 0.340 e. The second kappa shape index (κ2) is 5.10. The molecule has 1 aliphatic rings. The first-order chi connectivity index (χ1) is 9.50. The van der Waals surface area contributed by atoms with Crippen molar-refractivity contribution >= 4 is 15.9 Å². The highest BCUT2D eigenvalue weighted by Crippen LogP contribution is 2.42. The van der Waals surface area contributed by atoms with E-state index in [-0.39, 0.29) is 21.9 Å². The van der Waals surface area contributed by atoms with Crippen molar-refractivity contribution in [3.05, 3.63) is 11.4 Å². The van der Waals surface area contributed by atoms with E-state index in [0.717, 1.165) is 12.8 Å². The molecule has 0 spiro atoms. The van der Waals surface area contributed by atoms with Crippen LogP contribution in [0.3, 0.4) is 0 Å². The highest BCUT2D eigenvalue weighted by molar-refractivity contribution is 7.89. The lowest BCUT2D eigenvalue weighted by Gasteiger charge is -2.26. The van der Waals surface area contributed by atoms with Crippen LogP contribution in [0.4, 0.5) is 0 Å². The number of amides is 1. The van der Waals surface area contributed by atoms with Gasteiger partial charge in [-0.25, -0.2) is 13.6 Å². The molecule has 118 valence electrons. The molecule has 1 aromatic rings.